The third-order valence-corrected chi connectivity index (χ3v) is 2.82. The van der Waals surface area contributed by atoms with Gasteiger partial charge in [-0.1, -0.05) is 12.1 Å². The zero-order chi connectivity index (χ0) is 13.1. The summed E-state index contributed by atoms with van der Waals surface area (Å²) in [4.78, 5) is 8.38. The van der Waals surface area contributed by atoms with Gasteiger partial charge in [0.05, 0.1) is 11.6 Å². The second-order valence-electron chi connectivity index (χ2n) is 4.49. The average molecular weight is 266 g/mol. The predicted octanol–water partition coefficient (Wildman–Crippen LogP) is 2.85. The van der Waals surface area contributed by atoms with Crippen LogP contribution in [-0.4, -0.2) is 27.2 Å². The Labute approximate surface area is 111 Å². The quantitative estimate of drug-likeness (QED) is 0.835. The molecule has 0 saturated carbocycles. The molecule has 5 heteroatoms. The van der Waals surface area contributed by atoms with E-state index in [1.165, 1.54) is 0 Å². The topological polar surface area (TPSA) is 58.0 Å². The third-order valence-electron chi connectivity index (χ3n) is 2.65. The van der Waals surface area contributed by atoms with Crippen molar-refractivity contribution in [3.05, 3.63) is 29.5 Å². The maximum Gasteiger partial charge on any atom is 0.224 e. The first kappa shape index (κ1) is 13.1. The number of aromatic nitrogens is 2. The molecule has 0 amide bonds. The van der Waals surface area contributed by atoms with E-state index < -0.39 is 0 Å². The van der Waals surface area contributed by atoms with Gasteiger partial charge in [-0.05, 0) is 44.0 Å². The van der Waals surface area contributed by atoms with Crippen molar-refractivity contribution in [2.24, 2.45) is 0 Å². The molecule has 0 fully saturated rings. The van der Waals surface area contributed by atoms with E-state index in [4.69, 9.17) is 11.6 Å². The number of aliphatic hydroxyl groups excluding tert-OH is 1. The molecule has 2 unspecified atom stereocenters. The zero-order valence-electron chi connectivity index (χ0n) is 10.4. The Kier molecular flexibility index (Phi) is 3.99. The molecule has 96 valence electrons. The second-order valence-corrected chi connectivity index (χ2v) is 4.83. The molecule has 2 aromatic rings. The number of rotatable bonds is 4. The lowest BCUT2D eigenvalue weighted by Gasteiger charge is -2.17. The summed E-state index contributed by atoms with van der Waals surface area (Å²) >= 11 is 5.90. The summed E-state index contributed by atoms with van der Waals surface area (Å²) in [5.41, 5.74) is 0.809. The van der Waals surface area contributed by atoms with Crippen LogP contribution >= 0.6 is 11.6 Å². The van der Waals surface area contributed by atoms with Crippen molar-refractivity contribution >= 4 is 28.3 Å². The number of aliphatic hydroxyl groups is 1. The Morgan fingerprint density at radius 3 is 2.72 bits per heavy atom. The highest BCUT2D eigenvalue weighted by Crippen LogP contribution is 2.22. The maximum absolute atomic E-state index is 9.37. The van der Waals surface area contributed by atoms with Gasteiger partial charge in [0, 0.05) is 11.4 Å². The van der Waals surface area contributed by atoms with Crippen LogP contribution in [-0.2, 0) is 0 Å². The molecule has 1 aromatic carbocycles. The largest absolute Gasteiger partial charge is 0.393 e. The lowest BCUT2D eigenvalue weighted by molar-refractivity contribution is 0.179. The lowest BCUT2D eigenvalue weighted by atomic mass is 10.1. The minimum absolute atomic E-state index is 0.111. The van der Waals surface area contributed by atoms with Gasteiger partial charge in [-0.3, -0.25) is 0 Å². The Bertz CT molecular complexity index is 545. The SMILES string of the molecule is CC(O)CC(C)Nc1nc(Cl)nc2ccccc12. The second kappa shape index (κ2) is 5.50. The molecule has 0 spiro atoms. The highest BCUT2D eigenvalue weighted by molar-refractivity contribution is 6.28. The average Bonchev–Trinajstić information content (AvgIpc) is 2.27. The van der Waals surface area contributed by atoms with Gasteiger partial charge in [0.15, 0.2) is 0 Å². The Morgan fingerprint density at radius 2 is 2.00 bits per heavy atom. The lowest BCUT2D eigenvalue weighted by Crippen LogP contribution is -2.21. The van der Waals surface area contributed by atoms with E-state index in [1.54, 1.807) is 6.92 Å². The zero-order valence-corrected chi connectivity index (χ0v) is 11.1. The smallest absolute Gasteiger partial charge is 0.224 e. The summed E-state index contributed by atoms with van der Waals surface area (Å²) in [5, 5.41) is 13.8. The van der Waals surface area contributed by atoms with Gasteiger partial charge < -0.3 is 10.4 Å². The molecule has 2 N–H and O–H groups in total. The van der Waals surface area contributed by atoms with Crippen LogP contribution in [0.4, 0.5) is 5.82 Å². The number of benzene rings is 1. The fourth-order valence-electron chi connectivity index (χ4n) is 1.96. The van der Waals surface area contributed by atoms with Crippen molar-refractivity contribution in [1.29, 1.82) is 0 Å². The van der Waals surface area contributed by atoms with Gasteiger partial charge in [0.2, 0.25) is 5.28 Å². The van der Waals surface area contributed by atoms with E-state index in [0.29, 0.717) is 12.2 Å². The molecule has 0 saturated heterocycles. The molecule has 4 nitrogen and oxygen atoms in total. The molecule has 0 radical (unpaired) electrons. The van der Waals surface area contributed by atoms with Crippen LogP contribution in [0.15, 0.2) is 24.3 Å². The summed E-state index contributed by atoms with van der Waals surface area (Å²) < 4.78 is 0. The molecular formula is C13H16ClN3O. The molecule has 2 rings (SSSR count). The fourth-order valence-corrected chi connectivity index (χ4v) is 2.14. The van der Waals surface area contributed by atoms with Gasteiger partial charge in [-0.15, -0.1) is 0 Å². The summed E-state index contributed by atoms with van der Waals surface area (Å²) in [6.07, 6.45) is 0.298. The van der Waals surface area contributed by atoms with Gasteiger partial charge in [-0.25, -0.2) is 9.97 Å². The van der Waals surface area contributed by atoms with E-state index >= 15 is 0 Å². The maximum atomic E-state index is 9.37. The van der Waals surface area contributed by atoms with E-state index in [1.807, 2.05) is 31.2 Å². The normalized spacial score (nSPS) is 14.4. The molecule has 0 bridgehead atoms. The molecule has 1 heterocycles. The molecular weight excluding hydrogens is 250 g/mol. The first-order valence-corrected chi connectivity index (χ1v) is 6.31. The summed E-state index contributed by atoms with van der Waals surface area (Å²) in [6.45, 7) is 3.76. The van der Waals surface area contributed by atoms with Crippen molar-refractivity contribution in [3.8, 4) is 0 Å². The van der Waals surface area contributed by atoms with Gasteiger partial charge in [0.1, 0.15) is 5.82 Å². The number of hydrogen-bond donors (Lipinski definition) is 2. The molecule has 2 atom stereocenters. The number of hydrogen-bond acceptors (Lipinski definition) is 4. The predicted molar refractivity (Wildman–Crippen MR) is 73.9 cm³/mol. The van der Waals surface area contributed by atoms with Crippen LogP contribution in [0.25, 0.3) is 10.9 Å². The standard InChI is InChI=1S/C13H16ClN3O/c1-8(7-9(2)18)15-12-10-5-3-4-6-11(10)16-13(14)17-12/h3-6,8-9,18H,7H2,1-2H3,(H,15,16,17). The van der Waals surface area contributed by atoms with Crippen LogP contribution in [0.2, 0.25) is 5.28 Å². The van der Waals surface area contributed by atoms with Crippen LogP contribution in [0, 0.1) is 0 Å². The Hall–Kier alpha value is -1.39. The highest BCUT2D eigenvalue weighted by Gasteiger charge is 2.10. The van der Waals surface area contributed by atoms with Gasteiger partial charge >= 0.3 is 0 Å². The minimum atomic E-state index is -0.351. The van der Waals surface area contributed by atoms with Crippen LogP contribution in [0.1, 0.15) is 20.3 Å². The molecule has 0 aliphatic heterocycles. The van der Waals surface area contributed by atoms with Crippen LogP contribution in [0.5, 0.6) is 0 Å². The Balaban J connectivity index is 2.32. The first-order chi connectivity index (χ1) is 8.56. The number of nitrogens with zero attached hydrogens (tertiary/aromatic N) is 2. The first-order valence-electron chi connectivity index (χ1n) is 5.93. The highest BCUT2D eigenvalue weighted by atomic mass is 35.5. The minimum Gasteiger partial charge on any atom is -0.393 e. The third kappa shape index (κ3) is 3.09. The Morgan fingerprint density at radius 1 is 1.28 bits per heavy atom. The summed E-state index contributed by atoms with van der Waals surface area (Å²) in [7, 11) is 0. The van der Waals surface area contributed by atoms with Crippen molar-refractivity contribution in [3.63, 3.8) is 0 Å². The molecule has 0 aliphatic rings. The van der Waals surface area contributed by atoms with E-state index in [2.05, 4.69) is 15.3 Å². The summed E-state index contributed by atoms with van der Waals surface area (Å²) in [5.74, 6) is 0.707. The number of nitrogens with one attached hydrogen (secondary N) is 1. The molecule has 1 aromatic heterocycles. The van der Waals surface area contributed by atoms with Gasteiger partial charge in [0.25, 0.3) is 0 Å². The molecule has 0 aliphatic carbocycles. The number of halogens is 1. The number of para-hydroxylation sites is 1. The van der Waals surface area contributed by atoms with Crippen LogP contribution < -0.4 is 5.32 Å². The number of anilines is 1. The van der Waals surface area contributed by atoms with Crippen molar-refractivity contribution in [2.75, 3.05) is 5.32 Å². The van der Waals surface area contributed by atoms with E-state index in [0.717, 1.165) is 10.9 Å². The van der Waals surface area contributed by atoms with E-state index in [-0.39, 0.29) is 17.4 Å². The van der Waals surface area contributed by atoms with E-state index in [9.17, 15) is 5.11 Å². The fraction of sp³-hybridized carbons (Fsp3) is 0.385. The van der Waals surface area contributed by atoms with Crippen molar-refractivity contribution in [1.82, 2.24) is 9.97 Å². The van der Waals surface area contributed by atoms with Crippen molar-refractivity contribution < 1.29 is 5.11 Å². The van der Waals surface area contributed by atoms with Crippen molar-refractivity contribution in [2.45, 2.75) is 32.4 Å². The summed E-state index contributed by atoms with van der Waals surface area (Å²) in [6, 6.07) is 7.80. The van der Waals surface area contributed by atoms with Crippen LogP contribution in [0.3, 0.4) is 0 Å². The molecule has 18 heavy (non-hydrogen) atoms. The monoisotopic (exact) mass is 265 g/mol. The van der Waals surface area contributed by atoms with Gasteiger partial charge in [-0.2, -0.15) is 0 Å². The number of fused-ring (bicyclic) bond motifs is 1.